The number of halogens is 4. The first kappa shape index (κ1) is 62.2. The highest BCUT2D eigenvalue weighted by Crippen LogP contribution is 2.53. The zero-order chi connectivity index (χ0) is 56.7. The van der Waals surface area contributed by atoms with Crippen LogP contribution in [0.15, 0.2) is 103 Å². The molecule has 10 heteroatoms. The topological polar surface area (TPSA) is 63.2 Å². The molecule has 0 amide bonds. The Kier molecular flexibility index (Phi) is 24.7. The number of rotatable bonds is 37. The molecule has 0 unspecified atom stereocenters. The summed E-state index contributed by atoms with van der Waals surface area (Å²) in [5.74, 6) is -8.93. The summed E-state index contributed by atoms with van der Waals surface area (Å²) in [5.41, 5.74) is 4.59. The largest absolute Gasteiger partial charge is 0.465 e. The van der Waals surface area contributed by atoms with E-state index in [1.54, 1.807) is 24.3 Å². The molecule has 2 aliphatic carbocycles. The lowest BCUT2D eigenvalue weighted by atomic mass is 9.97. The summed E-state index contributed by atoms with van der Waals surface area (Å²) in [7, 11) is 1.09. The smallest absolute Gasteiger partial charge is 0.338 e. The van der Waals surface area contributed by atoms with E-state index in [1.165, 1.54) is 37.8 Å². The fourth-order valence-electron chi connectivity index (χ4n) is 11.4. The predicted molar refractivity (Wildman–Crippen MR) is 318 cm³/mol. The number of methoxy groups -OCH3 is 1. The number of hydrogen-bond acceptors (Lipinski definition) is 6. The van der Waals surface area contributed by atoms with Crippen LogP contribution in [0, 0.1) is 0 Å². The lowest BCUT2D eigenvalue weighted by Gasteiger charge is -2.32. The number of carbonyl (C=O) groups is 1. The maximum atomic E-state index is 17.0. The van der Waals surface area contributed by atoms with Crippen LogP contribution in [0.1, 0.15) is 237 Å². The van der Waals surface area contributed by atoms with Crippen molar-refractivity contribution >= 4 is 29.3 Å². The third kappa shape index (κ3) is 15.0. The summed E-state index contributed by atoms with van der Waals surface area (Å²) in [4.78, 5) is 13.5. The molecule has 0 N–H and O–H groups in total. The Morgan fingerprint density at radius 1 is 0.350 bits per heavy atom. The van der Waals surface area contributed by atoms with Crippen molar-refractivity contribution in [1.29, 1.82) is 0 Å². The summed E-state index contributed by atoms with van der Waals surface area (Å²) in [6.07, 6.45) is 25.6. The zero-order valence-electron chi connectivity index (χ0n) is 48.6. The van der Waals surface area contributed by atoms with Gasteiger partial charge in [-0.25, -0.2) is 22.4 Å². The van der Waals surface area contributed by atoms with Crippen LogP contribution in [-0.4, -0.2) is 39.5 Å². The molecule has 0 saturated heterocycles. The van der Waals surface area contributed by atoms with Crippen LogP contribution in [0.3, 0.4) is 0 Å². The lowest BCUT2D eigenvalue weighted by molar-refractivity contribution is -0.216. The van der Waals surface area contributed by atoms with E-state index in [2.05, 4.69) is 27.7 Å². The van der Waals surface area contributed by atoms with Crippen LogP contribution in [0.5, 0.6) is 0 Å². The molecule has 0 aliphatic heterocycles. The predicted octanol–water partition coefficient (Wildman–Crippen LogP) is 20.9. The van der Waals surface area contributed by atoms with Crippen LogP contribution in [0.2, 0.25) is 0 Å². The van der Waals surface area contributed by atoms with Crippen molar-refractivity contribution in [3.05, 3.63) is 153 Å². The van der Waals surface area contributed by atoms with Gasteiger partial charge in [0.05, 0.1) is 39.1 Å². The van der Waals surface area contributed by atoms with Crippen molar-refractivity contribution in [1.82, 2.24) is 0 Å². The molecule has 0 saturated carbocycles. The first-order valence-corrected chi connectivity index (χ1v) is 30.5. The molecule has 0 atom stereocenters. The monoisotopic (exact) mass is 1100 g/mol. The zero-order valence-corrected chi connectivity index (χ0v) is 48.6. The molecule has 2 aliphatic rings. The highest BCUT2D eigenvalue weighted by atomic mass is 19.2. The van der Waals surface area contributed by atoms with Gasteiger partial charge in [-0.2, -0.15) is 0 Å². The van der Waals surface area contributed by atoms with Crippen molar-refractivity contribution in [3.8, 4) is 22.3 Å². The first-order chi connectivity index (χ1) is 39.1. The van der Waals surface area contributed by atoms with Crippen LogP contribution in [-0.2, 0) is 35.3 Å². The van der Waals surface area contributed by atoms with E-state index in [1.807, 2.05) is 48.5 Å². The Balaban J connectivity index is 1.21. The van der Waals surface area contributed by atoms with Crippen molar-refractivity contribution < 1.29 is 46.0 Å². The average Bonchev–Trinajstić information content (AvgIpc) is 3.95. The van der Waals surface area contributed by atoms with Gasteiger partial charge >= 0.3 is 5.97 Å². The molecule has 5 aromatic carbocycles. The van der Waals surface area contributed by atoms with E-state index in [0.717, 1.165) is 187 Å². The van der Waals surface area contributed by atoms with Gasteiger partial charge < -0.3 is 23.7 Å². The average molecular weight is 1100 g/mol. The molecule has 7 rings (SSSR count). The Hall–Kier alpha value is -5.39. The van der Waals surface area contributed by atoms with Crippen molar-refractivity contribution in [3.63, 3.8) is 0 Å². The highest BCUT2D eigenvalue weighted by molar-refractivity contribution is 5.99. The molecule has 80 heavy (non-hydrogen) atoms. The first-order valence-electron chi connectivity index (χ1n) is 30.5. The molecule has 6 nitrogen and oxygen atoms in total. The summed E-state index contributed by atoms with van der Waals surface area (Å²) in [5, 5.41) is 0. The van der Waals surface area contributed by atoms with Crippen molar-refractivity contribution in [2.75, 3.05) is 33.5 Å². The third-order valence-corrected chi connectivity index (χ3v) is 15.9. The van der Waals surface area contributed by atoms with Gasteiger partial charge in [0.2, 0.25) is 11.6 Å². The second-order valence-corrected chi connectivity index (χ2v) is 21.8. The van der Waals surface area contributed by atoms with E-state index in [9.17, 15) is 4.79 Å². The molecule has 0 heterocycles. The number of ether oxygens (including phenoxy) is 5. The number of hydrogen-bond donors (Lipinski definition) is 0. The summed E-state index contributed by atoms with van der Waals surface area (Å²) >= 11 is 0. The molecule has 0 bridgehead atoms. The maximum Gasteiger partial charge on any atom is 0.338 e. The van der Waals surface area contributed by atoms with E-state index >= 15 is 17.6 Å². The number of benzene rings is 5. The minimum Gasteiger partial charge on any atom is -0.465 e. The number of unbranched alkanes of at least 4 members (excludes halogenated alkanes) is 20. The maximum absolute atomic E-state index is 17.0. The fourth-order valence-corrected chi connectivity index (χ4v) is 11.4. The fraction of sp³-hybridized carbons (Fsp3) is 0.500. The minimum atomic E-state index is -1.37. The third-order valence-electron chi connectivity index (χ3n) is 15.9. The molecule has 0 aromatic heterocycles. The normalized spacial score (nSPS) is 14.3. The second-order valence-electron chi connectivity index (χ2n) is 21.8. The summed E-state index contributed by atoms with van der Waals surface area (Å²) in [6, 6.07) is 28.6. The van der Waals surface area contributed by atoms with Crippen LogP contribution >= 0.6 is 0 Å². The van der Waals surface area contributed by atoms with Crippen molar-refractivity contribution in [2.45, 2.75) is 193 Å². The molecule has 5 aromatic rings. The molecule has 0 spiro atoms. The van der Waals surface area contributed by atoms with Gasteiger partial charge in [-0.1, -0.05) is 241 Å². The molecule has 0 fully saturated rings. The van der Waals surface area contributed by atoms with Gasteiger partial charge in [0.25, 0.3) is 0 Å². The highest BCUT2D eigenvalue weighted by Gasteiger charge is 2.47. The van der Waals surface area contributed by atoms with E-state index in [4.69, 9.17) is 23.7 Å². The molecular weight excluding hydrogens is 1010 g/mol. The quantitative estimate of drug-likeness (QED) is 0.0130. The van der Waals surface area contributed by atoms with Gasteiger partial charge in [-0.15, -0.1) is 0 Å². The number of carbonyl (C=O) groups excluding carboxylic acids is 1. The summed E-state index contributed by atoms with van der Waals surface area (Å²) < 4.78 is 100. The van der Waals surface area contributed by atoms with Crippen LogP contribution < -0.4 is 0 Å². The summed E-state index contributed by atoms with van der Waals surface area (Å²) in [6.45, 7) is 10.4. The number of fused-ring (bicyclic) bond motifs is 6. The van der Waals surface area contributed by atoms with Gasteiger partial charge in [0.15, 0.2) is 23.3 Å². The van der Waals surface area contributed by atoms with E-state index in [0.29, 0.717) is 37.6 Å². The van der Waals surface area contributed by atoms with Crippen LogP contribution in [0.25, 0.3) is 45.6 Å². The Labute approximate surface area is 475 Å². The van der Waals surface area contributed by atoms with Gasteiger partial charge in [-0.3, -0.25) is 0 Å². The van der Waals surface area contributed by atoms with Gasteiger partial charge in [-0.05, 0) is 66.1 Å². The minimum absolute atomic E-state index is 0.0766. The SMILES string of the molecule is CCCCCCCCOC1(OCCCCCCCC)c2ccccc2-c2ccc(/C(F)=C(\F)c3ccc(/C(F)=C(\F)c4ccc5c(c4)C(OCCCCCCCC)(OCCCCCCCC)c4ccccc4-5)c(C(=O)OC)c3)cc21. The molecular formula is C70H88F4O6. The standard InChI is InChI=1S/C70H88F4O6/c1-6-10-14-18-22-30-44-77-69(78-45-31-23-19-15-11-7-2)60-36-28-26-34-54(60)56-41-38-52(49-62(56)69)65(72)64(71)51-40-43-58(59(48-51)68(75)76-5)67(74)66(73)53-39-42-57-55-35-27-29-37-61(55)70(63(57)50-53,79-46-32-24-20-16-12-8-3)80-47-33-25-21-17-13-9-4/h26-29,34-43,48-50H,6-25,30-33,44-47H2,1-5H3/b65-64+,67-66+. The Morgan fingerprint density at radius 2 is 0.662 bits per heavy atom. The Morgan fingerprint density at radius 3 is 1.04 bits per heavy atom. The Bertz CT molecular complexity index is 2800. The van der Waals surface area contributed by atoms with Gasteiger partial charge in [0, 0.05) is 44.5 Å². The lowest BCUT2D eigenvalue weighted by Crippen LogP contribution is -2.33. The van der Waals surface area contributed by atoms with Crippen LogP contribution in [0.4, 0.5) is 17.6 Å². The van der Waals surface area contributed by atoms with E-state index < -0.39 is 52.0 Å². The molecule has 432 valence electrons. The number of esters is 1. The van der Waals surface area contributed by atoms with E-state index in [-0.39, 0.29) is 16.7 Å². The second kappa shape index (κ2) is 31.7. The van der Waals surface area contributed by atoms with Gasteiger partial charge in [0.1, 0.15) is 0 Å². The van der Waals surface area contributed by atoms with Crippen molar-refractivity contribution in [2.24, 2.45) is 0 Å². The molecule has 0 radical (unpaired) electrons.